The molecule has 0 fully saturated rings. The molecule has 70 valence electrons. The number of benzene rings is 1. The van der Waals surface area contributed by atoms with Gasteiger partial charge in [0.15, 0.2) is 0 Å². The first kappa shape index (κ1) is 8.73. The van der Waals surface area contributed by atoms with Crippen LogP contribution in [0.1, 0.15) is 22.7 Å². The zero-order valence-corrected chi connectivity index (χ0v) is 8.13. The number of hydrogen-bond acceptors (Lipinski definition) is 2. The Bertz CT molecular complexity index is 309. The molecule has 0 saturated carbocycles. The molecule has 2 heteroatoms. The van der Waals surface area contributed by atoms with Gasteiger partial charge < -0.3 is 10.1 Å². The van der Waals surface area contributed by atoms with Crippen LogP contribution in [0.4, 0.5) is 0 Å². The predicted octanol–water partition coefficient (Wildman–Crippen LogP) is 1.79. The van der Waals surface area contributed by atoms with E-state index in [1.165, 1.54) is 16.7 Å². The van der Waals surface area contributed by atoms with E-state index in [9.17, 15) is 0 Å². The second-order valence-electron chi connectivity index (χ2n) is 3.50. The van der Waals surface area contributed by atoms with E-state index in [0.29, 0.717) is 6.04 Å². The summed E-state index contributed by atoms with van der Waals surface area (Å²) in [5.74, 6) is 0. The van der Waals surface area contributed by atoms with Gasteiger partial charge in [0.25, 0.3) is 0 Å². The van der Waals surface area contributed by atoms with Crippen molar-refractivity contribution in [2.75, 3.05) is 13.7 Å². The summed E-state index contributed by atoms with van der Waals surface area (Å²) in [7, 11) is 1.98. The number of likely N-dealkylation sites (N-methyl/N-ethyl adjacent to an activating group) is 1. The van der Waals surface area contributed by atoms with Crippen LogP contribution in [0.3, 0.4) is 0 Å². The van der Waals surface area contributed by atoms with Crippen molar-refractivity contribution >= 4 is 0 Å². The topological polar surface area (TPSA) is 21.3 Å². The van der Waals surface area contributed by atoms with Gasteiger partial charge in [0.1, 0.15) is 0 Å². The lowest BCUT2D eigenvalue weighted by atomic mass is 9.94. The SMILES string of the molecule is CNC1COCc2cccc(C)c21. The fourth-order valence-corrected chi connectivity index (χ4v) is 1.96. The van der Waals surface area contributed by atoms with Crippen molar-refractivity contribution in [1.29, 1.82) is 0 Å². The second-order valence-corrected chi connectivity index (χ2v) is 3.50. The Kier molecular flexibility index (Phi) is 2.34. The number of hydrogen-bond donors (Lipinski definition) is 1. The lowest BCUT2D eigenvalue weighted by molar-refractivity contribution is 0.0841. The lowest BCUT2D eigenvalue weighted by Crippen LogP contribution is -2.27. The maximum Gasteiger partial charge on any atom is 0.0721 e. The van der Waals surface area contributed by atoms with Crippen molar-refractivity contribution in [3.05, 3.63) is 34.9 Å². The molecule has 0 radical (unpaired) electrons. The summed E-state index contributed by atoms with van der Waals surface area (Å²) in [4.78, 5) is 0. The Labute approximate surface area is 78.9 Å². The third kappa shape index (κ3) is 1.47. The van der Waals surface area contributed by atoms with Crippen molar-refractivity contribution in [1.82, 2.24) is 5.32 Å². The molecule has 1 atom stereocenters. The van der Waals surface area contributed by atoms with Crippen LogP contribution in [0.25, 0.3) is 0 Å². The molecule has 1 aliphatic rings. The van der Waals surface area contributed by atoms with E-state index in [0.717, 1.165) is 13.2 Å². The largest absolute Gasteiger partial charge is 0.375 e. The summed E-state index contributed by atoms with van der Waals surface area (Å²) in [6, 6.07) is 6.76. The Morgan fingerprint density at radius 3 is 3.08 bits per heavy atom. The average Bonchev–Trinajstić information content (AvgIpc) is 2.17. The minimum Gasteiger partial charge on any atom is -0.375 e. The maximum atomic E-state index is 5.49. The summed E-state index contributed by atoms with van der Waals surface area (Å²) in [6.07, 6.45) is 0. The number of fused-ring (bicyclic) bond motifs is 1. The predicted molar refractivity (Wildman–Crippen MR) is 52.6 cm³/mol. The van der Waals surface area contributed by atoms with Crippen LogP contribution in [0, 0.1) is 6.92 Å². The molecule has 0 spiro atoms. The fraction of sp³-hybridized carbons (Fsp3) is 0.455. The summed E-state index contributed by atoms with van der Waals surface area (Å²) in [5.41, 5.74) is 4.11. The van der Waals surface area contributed by atoms with Crippen LogP contribution >= 0.6 is 0 Å². The van der Waals surface area contributed by atoms with Gasteiger partial charge in [0.05, 0.1) is 19.3 Å². The highest BCUT2D eigenvalue weighted by Crippen LogP contribution is 2.27. The Hall–Kier alpha value is -0.860. The molecule has 1 N–H and O–H groups in total. The summed E-state index contributed by atoms with van der Waals surface area (Å²) >= 11 is 0. The van der Waals surface area contributed by atoms with E-state index in [2.05, 4.69) is 30.4 Å². The molecule has 13 heavy (non-hydrogen) atoms. The number of ether oxygens (including phenoxy) is 1. The summed E-state index contributed by atoms with van der Waals surface area (Å²) in [5, 5.41) is 3.28. The standard InChI is InChI=1S/C11H15NO/c1-8-4-3-5-9-6-13-7-10(12-2)11(8)9/h3-5,10,12H,6-7H2,1-2H3. The van der Waals surface area contributed by atoms with Crippen LogP contribution in [0.5, 0.6) is 0 Å². The molecule has 1 aromatic rings. The quantitative estimate of drug-likeness (QED) is 0.706. The molecule has 0 bridgehead atoms. The molecule has 1 heterocycles. The zero-order chi connectivity index (χ0) is 9.26. The van der Waals surface area contributed by atoms with Gasteiger partial charge >= 0.3 is 0 Å². The van der Waals surface area contributed by atoms with E-state index in [-0.39, 0.29) is 0 Å². The third-order valence-corrected chi connectivity index (χ3v) is 2.65. The molecule has 2 nitrogen and oxygen atoms in total. The Morgan fingerprint density at radius 2 is 2.31 bits per heavy atom. The monoisotopic (exact) mass is 177 g/mol. The van der Waals surface area contributed by atoms with Crippen molar-refractivity contribution in [3.8, 4) is 0 Å². The Balaban J connectivity index is 2.47. The van der Waals surface area contributed by atoms with Gasteiger partial charge in [-0.1, -0.05) is 18.2 Å². The van der Waals surface area contributed by atoms with Gasteiger partial charge in [0.2, 0.25) is 0 Å². The molecule has 1 aliphatic heterocycles. The van der Waals surface area contributed by atoms with Crippen LogP contribution in [-0.2, 0) is 11.3 Å². The highest BCUT2D eigenvalue weighted by molar-refractivity contribution is 5.37. The van der Waals surface area contributed by atoms with Gasteiger partial charge in [-0.15, -0.1) is 0 Å². The van der Waals surface area contributed by atoms with Gasteiger partial charge in [-0.2, -0.15) is 0 Å². The lowest BCUT2D eigenvalue weighted by Gasteiger charge is -2.26. The first-order chi connectivity index (χ1) is 6.33. The zero-order valence-electron chi connectivity index (χ0n) is 8.13. The second kappa shape index (κ2) is 3.48. The van der Waals surface area contributed by atoms with E-state index < -0.39 is 0 Å². The van der Waals surface area contributed by atoms with Gasteiger partial charge in [-0.05, 0) is 30.7 Å². The molecule has 2 rings (SSSR count). The number of aryl methyl sites for hydroxylation is 1. The molecule has 0 saturated heterocycles. The van der Waals surface area contributed by atoms with Gasteiger partial charge in [-0.25, -0.2) is 0 Å². The van der Waals surface area contributed by atoms with Crippen molar-refractivity contribution in [3.63, 3.8) is 0 Å². The molecule has 1 unspecified atom stereocenters. The molecule has 1 aromatic carbocycles. The molecular formula is C11H15NO. The van der Waals surface area contributed by atoms with Crippen molar-refractivity contribution in [2.24, 2.45) is 0 Å². The Morgan fingerprint density at radius 1 is 1.46 bits per heavy atom. The van der Waals surface area contributed by atoms with Crippen molar-refractivity contribution in [2.45, 2.75) is 19.6 Å². The van der Waals surface area contributed by atoms with Gasteiger partial charge in [-0.3, -0.25) is 0 Å². The summed E-state index contributed by atoms with van der Waals surface area (Å²) in [6.45, 7) is 3.71. The summed E-state index contributed by atoms with van der Waals surface area (Å²) < 4.78 is 5.49. The smallest absolute Gasteiger partial charge is 0.0721 e. The van der Waals surface area contributed by atoms with Crippen LogP contribution in [0.2, 0.25) is 0 Å². The molecule has 0 aliphatic carbocycles. The van der Waals surface area contributed by atoms with Gasteiger partial charge in [0, 0.05) is 0 Å². The van der Waals surface area contributed by atoms with Crippen molar-refractivity contribution < 1.29 is 4.74 Å². The normalized spacial score (nSPS) is 21.2. The van der Waals surface area contributed by atoms with E-state index in [1.54, 1.807) is 0 Å². The van der Waals surface area contributed by atoms with Crippen LogP contribution < -0.4 is 5.32 Å². The highest BCUT2D eigenvalue weighted by Gasteiger charge is 2.20. The first-order valence-corrected chi connectivity index (χ1v) is 4.66. The van der Waals surface area contributed by atoms with E-state index in [1.807, 2.05) is 7.05 Å². The molecule has 0 aromatic heterocycles. The highest BCUT2D eigenvalue weighted by atomic mass is 16.5. The molecular weight excluding hydrogens is 162 g/mol. The third-order valence-electron chi connectivity index (χ3n) is 2.65. The molecule has 0 amide bonds. The maximum absolute atomic E-state index is 5.49. The van der Waals surface area contributed by atoms with Crippen LogP contribution in [-0.4, -0.2) is 13.7 Å². The van der Waals surface area contributed by atoms with E-state index in [4.69, 9.17) is 4.74 Å². The van der Waals surface area contributed by atoms with E-state index >= 15 is 0 Å². The number of rotatable bonds is 1. The average molecular weight is 177 g/mol. The van der Waals surface area contributed by atoms with Crippen LogP contribution in [0.15, 0.2) is 18.2 Å². The minimum absolute atomic E-state index is 0.366. The first-order valence-electron chi connectivity index (χ1n) is 4.66. The minimum atomic E-state index is 0.366. The number of nitrogens with one attached hydrogen (secondary N) is 1. The fourth-order valence-electron chi connectivity index (χ4n) is 1.96.